The van der Waals surface area contributed by atoms with Gasteiger partial charge in [-0.15, -0.1) is 0 Å². The molecule has 2 fully saturated rings. The van der Waals surface area contributed by atoms with Gasteiger partial charge >= 0.3 is 0 Å². The van der Waals surface area contributed by atoms with Gasteiger partial charge in [0.05, 0.1) is 11.3 Å². The Kier molecular flexibility index (Phi) is 4.85. The monoisotopic (exact) mass is 373 g/mol. The number of aromatic nitrogens is 3. The number of H-pyrrole nitrogens is 1. The highest BCUT2D eigenvalue weighted by molar-refractivity contribution is 6.32. The third-order valence-electron chi connectivity index (χ3n) is 5.65. The van der Waals surface area contributed by atoms with Gasteiger partial charge in [-0.2, -0.15) is 0 Å². The highest BCUT2D eigenvalue weighted by Gasteiger charge is 2.42. The van der Waals surface area contributed by atoms with E-state index < -0.39 is 0 Å². The second-order valence-electron chi connectivity index (χ2n) is 7.48. The summed E-state index contributed by atoms with van der Waals surface area (Å²) in [5.41, 5.74) is 1.21. The van der Waals surface area contributed by atoms with Crippen LogP contribution in [0.3, 0.4) is 0 Å². The molecule has 26 heavy (non-hydrogen) atoms. The van der Waals surface area contributed by atoms with Crippen molar-refractivity contribution in [3.63, 3.8) is 0 Å². The van der Waals surface area contributed by atoms with Gasteiger partial charge in [-0.3, -0.25) is 4.79 Å². The zero-order valence-electron chi connectivity index (χ0n) is 14.8. The second kappa shape index (κ2) is 7.27. The Morgan fingerprint density at radius 1 is 1.31 bits per heavy atom. The number of amides is 1. The van der Waals surface area contributed by atoms with E-state index in [-0.39, 0.29) is 11.3 Å². The summed E-state index contributed by atoms with van der Waals surface area (Å²) in [7, 11) is 0. The molecule has 7 heteroatoms. The lowest BCUT2D eigenvalue weighted by Crippen LogP contribution is -2.54. The van der Waals surface area contributed by atoms with E-state index in [0.717, 1.165) is 63.4 Å². The SMILES string of the molecule is O=C1CCC2(CCCN(c3ncccc3Cl)C2)CN1CCc1cnc[nH]1. The first-order valence-electron chi connectivity index (χ1n) is 9.26. The second-order valence-corrected chi connectivity index (χ2v) is 7.88. The number of pyridine rings is 1. The van der Waals surface area contributed by atoms with Crippen LogP contribution in [0.15, 0.2) is 30.9 Å². The van der Waals surface area contributed by atoms with Gasteiger partial charge in [0.15, 0.2) is 0 Å². The van der Waals surface area contributed by atoms with Gasteiger partial charge in [-0.05, 0) is 31.4 Å². The maximum absolute atomic E-state index is 12.4. The number of hydrogen-bond donors (Lipinski definition) is 1. The summed E-state index contributed by atoms with van der Waals surface area (Å²) in [5, 5.41) is 0.701. The lowest BCUT2D eigenvalue weighted by Gasteiger charge is -2.48. The molecule has 4 heterocycles. The molecule has 1 atom stereocenters. The van der Waals surface area contributed by atoms with Crippen LogP contribution in [0.25, 0.3) is 0 Å². The molecule has 0 bridgehead atoms. The van der Waals surface area contributed by atoms with Crippen LogP contribution in [0.2, 0.25) is 5.02 Å². The van der Waals surface area contributed by atoms with Gasteiger partial charge in [-0.1, -0.05) is 11.6 Å². The lowest BCUT2D eigenvalue weighted by atomic mass is 9.73. The van der Waals surface area contributed by atoms with Gasteiger partial charge in [-0.25, -0.2) is 9.97 Å². The Morgan fingerprint density at radius 3 is 3.04 bits per heavy atom. The number of hydrogen-bond acceptors (Lipinski definition) is 4. The molecule has 2 aromatic rings. The van der Waals surface area contributed by atoms with Gasteiger partial charge < -0.3 is 14.8 Å². The minimum absolute atomic E-state index is 0.140. The standard InChI is InChI=1S/C19H24ClN5O/c20-16-3-1-8-22-18(16)25-9-2-6-19(13-25)7-4-17(26)24(12-19)10-5-15-11-21-14-23-15/h1,3,8,11,14H,2,4-7,9-10,12-13H2,(H,21,23). The highest BCUT2D eigenvalue weighted by atomic mass is 35.5. The maximum atomic E-state index is 12.4. The molecule has 0 saturated carbocycles. The van der Waals surface area contributed by atoms with E-state index in [2.05, 4.69) is 19.9 Å². The number of aromatic amines is 1. The van der Waals surface area contributed by atoms with Crippen molar-refractivity contribution in [3.05, 3.63) is 41.6 Å². The molecule has 6 nitrogen and oxygen atoms in total. The number of anilines is 1. The molecule has 2 saturated heterocycles. The van der Waals surface area contributed by atoms with Crippen LogP contribution >= 0.6 is 11.6 Å². The highest BCUT2D eigenvalue weighted by Crippen LogP contribution is 2.40. The normalized spacial score (nSPS) is 23.7. The van der Waals surface area contributed by atoms with Gasteiger partial charge in [0.25, 0.3) is 0 Å². The molecule has 1 amide bonds. The predicted octanol–water partition coefficient (Wildman–Crippen LogP) is 2.91. The molecule has 2 aliphatic rings. The van der Waals surface area contributed by atoms with Crippen LogP contribution in [-0.4, -0.2) is 51.9 Å². The minimum Gasteiger partial charge on any atom is -0.355 e. The topological polar surface area (TPSA) is 65.1 Å². The first kappa shape index (κ1) is 17.3. The molecule has 4 rings (SSSR count). The largest absolute Gasteiger partial charge is 0.355 e. The van der Waals surface area contributed by atoms with Crippen molar-refractivity contribution in [3.8, 4) is 0 Å². The third kappa shape index (κ3) is 3.56. The molecule has 1 N–H and O–H groups in total. The average molecular weight is 374 g/mol. The van der Waals surface area contributed by atoms with E-state index in [1.165, 1.54) is 0 Å². The summed E-state index contributed by atoms with van der Waals surface area (Å²) in [6.45, 7) is 3.45. The zero-order valence-corrected chi connectivity index (χ0v) is 15.6. The summed E-state index contributed by atoms with van der Waals surface area (Å²) >= 11 is 6.37. The molecule has 0 radical (unpaired) electrons. The average Bonchev–Trinajstić information content (AvgIpc) is 3.17. The molecular formula is C19H24ClN5O. The number of carbonyl (C=O) groups excluding carboxylic acids is 1. The molecule has 138 valence electrons. The molecule has 0 aliphatic carbocycles. The Morgan fingerprint density at radius 2 is 2.23 bits per heavy atom. The zero-order chi connectivity index (χ0) is 18.0. The quantitative estimate of drug-likeness (QED) is 0.894. The van der Waals surface area contributed by atoms with Crippen LogP contribution in [0.1, 0.15) is 31.4 Å². The van der Waals surface area contributed by atoms with E-state index in [4.69, 9.17) is 11.6 Å². The smallest absolute Gasteiger partial charge is 0.222 e. The van der Waals surface area contributed by atoms with Crippen molar-refractivity contribution in [2.45, 2.75) is 32.1 Å². The first-order chi connectivity index (χ1) is 12.7. The summed E-state index contributed by atoms with van der Waals surface area (Å²) in [5.74, 6) is 1.14. The fourth-order valence-corrected chi connectivity index (χ4v) is 4.56. The van der Waals surface area contributed by atoms with Crippen molar-refractivity contribution in [2.24, 2.45) is 5.41 Å². The number of carbonyl (C=O) groups is 1. The van der Waals surface area contributed by atoms with Gasteiger partial charge in [0.2, 0.25) is 5.91 Å². The number of halogens is 1. The van der Waals surface area contributed by atoms with Crippen molar-refractivity contribution in [1.82, 2.24) is 19.9 Å². The van der Waals surface area contributed by atoms with E-state index in [1.54, 1.807) is 12.5 Å². The Bertz CT molecular complexity index is 765. The Hall–Kier alpha value is -2.08. The third-order valence-corrected chi connectivity index (χ3v) is 5.95. The molecule has 1 unspecified atom stereocenters. The van der Waals surface area contributed by atoms with Crippen molar-refractivity contribution in [1.29, 1.82) is 0 Å². The van der Waals surface area contributed by atoms with E-state index in [9.17, 15) is 4.79 Å². The van der Waals surface area contributed by atoms with Crippen LogP contribution in [0.4, 0.5) is 5.82 Å². The maximum Gasteiger partial charge on any atom is 0.222 e. The summed E-state index contributed by atoms with van der Waals surface area (Å²) < 4.78 is 0. The molecule has 1 spiro atoms. The minimum atomic E-state index is 0.140. The van der Waals surface area contributed by atoms with E-state index >= 15 is 0 Å². The van der Waals surface area contributed by atoms with Crippen molar-refractivity contribution in [2.75, 3.05) is 31.1 Å². The van der Waals surface area contributed by atoms with Crippen LogP contribution in [0, 0.1) is 5.41 Å². The van der Waals surface area contributed by atoms with E-state index in [0.29, 0.717) is 11.4 Å². The fraction of sp³-hybridized carbons (Fsp3) is 0.526. The lowest BCUT2D eigenvalue weighted by molar-refractivity contribution is -0.137. The number of rotatable bonds is 4. The Balaban J connectivity index is 1.46. The van der Waals surface area contributed by atoms with Crippen LogP contribution < -0.4 is 4.90 Å². The summed E-state index contributed by atoms with van der Waals surface area (Å²) in [6.07, 6.45) is 9.97. The predicted molar refractivity (Wildman–Crippen MR) is 101 cm³/mol. The summed E-state index contributed by atoms with van der Waals surface area (Å²) in [4.78, 5) is 28.4. The van der Waals surface area contributed by atoms with Crippen molar-refractivity contribution >= 4 is 23.3 Å². The number of imidazole rings is 1. The molecule has 2 aromatic heterocycles. The molecule has 2 aliphatic heterocycles. The first-order valence-corrected chi connectivity index (χ1v) is 9.64. The van der Waals surface area contributed by atoms with Gasteiger partial charge in [0.1, 0.15) is 5.82 Å². The molecular weight excluding hydrogens is 350 g/mol. The Labute approximate surface area is 158 Å². The van der Waals surface area contributed by atoms with Crippen molar-refractivity contribution < 1.29 is 4.79 Å². The number of piperidine rings is 2. The number of nitrogens with zero attached hydrogens (tertiary/aromatic N) is 4. The number of nitrogens with one attached hydrogen (secondary N) is 1. The fourth-order valence-electron chi connectivity index (χ4n) is 4.31. The number of likely N-dealkylation sites (tertiary alicyclic amines) is 1. The van der Waals surface area contributed by atoms with E-state index in [1.807, 2.05) is 23.2 Å². The van der Waals surface area contributed by atoms with Crippen LogP contribution in [0.5, 0.6) is 0 Å². The summed E-state index contributed by atoms with van der Waals surface area (Å²) in [6, 6.07) is 3.76. The van der Waals surface area contributed by atoms with Crippen LogP contribution in [-0.2, 0) is 11.2 Å². The molecule has 0 aromatic carbocycles. The van der Waals surface area contributed by atoms with Gasteiger partial charge in [0, 0.05) is 62.5 Å².